The quantitative estimate of drug-likeness (QED) is 0.474. The SMILES string of the molecule is Cc1c(C(=O)NCC(C)(C)CCCCl)cccc1[N+](=O)[O-]. The van der Waals surface area contributed by atoms with E-state index in [0.717, 1.165) is 12.8 Å². The first-order chi connectivity index (χ1) is 9.78. The van der Waals surface area contributed by atoms with Crippen LogP contribution in [-0.4, -0.2) is 23.3 Å². The first-order valence-corrected chi connectivity index (χ1v) is 7.40. The van der Waals surface area contributed by atoms with E-state index in [1.165, 1.54) is 12.1 Å². The van der Waals surface area contributed by atoms with Gasteiger partial charge in [0.05, 0.1) is 4.92 Å². The third-order valence-corrected chi connectivity index (χ3v) is 3.73. The summed E-state index contributed by atoms with van der Waals surface area (Å²) >= 11 is 5.68. The number of hydrogen-bond donors (Lipinski definition) is 1. The van der Waals surface area contributed by atoms with Gasteiger partial charge in [-0.2, -0.15) is 0 Å². The summed E-state index contributed by atoms with van der Waals surface area (Å²) in [6, 6.07) is 4.53. The number of nitro groups is 1. The summed E-state index contributed by atoms with van der Waals surface area (Å²) in [4.78, 5) is 22.6. The summed E-state index contributed by atoms with van der Waals surface area (Å²) in [6.45, 7) is 6.21. The highest BCUT2D eigenvalue weighted by molar-refractivity contribution is 6.17. The highest BCUT2D eigenvalue weighted by atomic mass is 35.5. The fourth-order valence-corrected chi connectivity index (χ4v) is 2.25. The van der Waals surface area contributed by atoms with E-state index in [9.17, 15) is 14.9 Å². The zero-order valence-electron chi connectivity index (χ0n) is 12.6. The first-order valence-electron chi connectivity index (χ1n) is 6.86. The van der Waals surface area contributed by atoms with Crippen molar-refractivity contribution >= 4 is 23.2 Å². The predicted octanol–water partition coefficient (Wildman–Crippen LogP) is 3.68. The molecule has 5 nitrogen and oxygen atoms in total. The molecule has 1 aromatic carbocycles. The molecule has 6 heteroatoms. The summed E-state index contributed by atoms with van der Waals surface area (Å²) in [6.07, 6.45) is 1.80. The van der Waals surface area contributed by atoms with Crippen molar-refractivity contribution in [2.45, 2.75) is 33.6 Å². The average molecular weight is 313 g/mol. The van der Waals surface area contributed by atoms with Crippen molar-refractivity contribution < 1.29 is 9.72 Å². The lowest BCUT2D eigenvalue weighted by Crippen LogP contribution is -2.34. The van der Waals surface area contributed by atoms with Crippen molar-refractivity contribution in [3.8, 4) is 0 Å². The molecule has 0 aliphatic carbocycles. The van der Waals surface area contributed by atoms with Crippen LogP contribution in [0.3, 0.4) is 0 Å². The highest BCUT2D eigenvalue weighted by Crippen LogP contribution is 2.23. The van der Waals surface area contributed by atoms with E-state index in [4.69, 9.17) is 11.6 Å². The second-order valence-electron chi connectivity index (χ2n) is 5.85. The average Bonchev–Trinajstić information content (AvgIpc) is 2.42. The number of benzene rings is 1. The lowest BCUT2D eigenvalue weighted by atomic mass is 9.88. The first kappa shape index (κ1) is 17.4. The fourth-order valence-electron chi connectivity index (χ4n) is 2.12. The van der Waals surface area contributed by atoms with E-state index >= 15 is 0 Å². The topological polar surface area (TPSA) is 72.2 Å². The number of hydrogen-bond acceptors (Lipinski definition) is 3. The van der Waals surface area contributed by atoms with Crippen molar-refractivity contribution in [1.82, 2.24) is 5.32 Å². The molecule has 0 bridgehead atoms. The monoisotopic (exact) mass is 312 g/mol. The van der Waals surface area contributed by atoms with Crippen LogP contribution in [0.1, 0.15) is 42.6 Å². The molecule has 21 heavy (non-hydrogen) atoms. The molecule has 0 heterocycles. The number of nitrogens with one attached hydrogen (secondary N) is 1. The van der Waals surface area contributed by atoms with Crippen LogP contribution in [0, 0.1) is 22.5 Å². The zero-order valence-corrected chi connectivity index (χ0v) is 13.4. The Hall–Kier alpha value is -1.62. The number of halogens is 1. The standard InChI is InChI=1S/C15H21ClN2O3/c1-11-12(6-4-7-13(11)18(20)21)14(19)17-10-15(2,3)8-5-9-16/h4,6-7H,5,8-10H2,1-3H3,(H,17,19). The number of nitrogens with zero attached hydrogens (tertiary/aromatic N) is 1. The van der Waals surface area contributed by atoms with E-state index in [2.05, 4.69) is 19.2 Å². The van der Waals surface area contributed by atoms with Gasteiger partial charge in [-0.15, -0.1) is 11.6 Å². The lowest BCUT2D eigenvalue weighted by Gasteiger charge is -2.24. The molecule has 116 valence electrons. The van der Waals surface area contributed by atoms with Gasteiger partial charge in [0.15, 0.2) is 0 Å². The van der Waals surface area contributed by atoms with Crippen LogP contribution in [0.15, 0.2) is 18.2 Å². The van der Waals surface area contributed by atoms with Crippen LogP contribution < -0.4 is 5.32 Å². The Morgan fingerprint density at radius 3 is 2.67 bits per heavy atom. The number of alkyl halides is 1. The Kier molecular flexibility index (Phi) is 6.15. The largest absolute Gasteiger partial charge is 0.351 e. The van der Waals surface area contributed by atoms with Gasteiger partial charge in [-0.3, -0.25) is 14.9 Å². The van der Waals surface area contributed by atoms with Gasteiger partial charge in [-0.1, -0.05) is 19.9 Å². The van der Waals surface area contributed by atoms with Gasteiger partial charge in [0.1, 0.15) is 0 Å². The number of nitro benzene ring substituents is 1. The smallest absolute Gasteiger partial charge is 0.273 e. The molecule has 0 aromatic heterocycles. The van der Waals surface area contributed by atoms with E-state index in [-0.39, 0.29) is 17.0 Å². The van der Waals surface area contributed by atoms with Crippen molar-refractivity contribution in [2.24, 2.45) is 5.41 Å². The summed E-state index contributed by atoms with van der Waals surface area (Å²) < 4.78 is 0. The van der Waals surface area contributed by atoms with Gasteiger partial charge in [0, 0.05) is 29.6 Å². The number of amides is 1. The van der Waals surface area contributed by atoms with Crippen LogP contribution in [0.2, 0.25) is 0 Å². The van der Waals surface area contributed by atoms with Crippen LogP contribution in [0.5, 0.6) is 0 Å². The second-order valence-corrected chi connectivity index (χ2v) is 6.22. The molecule has 1 amide bonds. The Morgan fingerprint density at radius 1 is 1.43 bits per heavy atom. The van der Waals surface area contributed by atoms with Gasteiger partial charge >= 0.3 is 0 Å². The molecular weight excluding hydrogens is 292 g/mol. The summed E-state index contributed by atoms with van der Waals surface area (Å²) in [5.74, 6) is 0.316. The molecule has 0 fully saturated rings. The van der Waals surface area contributed by atoms with Crippen LogP contribution in [0.4, 0.5) is 5.69 Å². The predicted molar refractivity (Wildman–Crippen MR) is 83.9 cm³/mol. The Balaban J connectivity index is 2.77. The molecule has 0 aliphatic rings. The van der Waals surface area contributed by atoms with Crippen molar-refractivity contribution in [3.05, 3.63) is 39.4 Å². The maximum Gasteiger partial charge on any atom is 0.273 e. The minimum absolute atomic E-state index is 0.0379. The Bertz CT molecular complexity index is 530. The molecule has 0 saturated carbocycles. The Morgan fingerprint density at radius 2 is 2.10 bits per heavy atom. The summed E-state index contributed by atoms with van der Waals surface area (Å²) in [7, 11) is 0. The molecule has 1 N–H and O–H groups in total. The minimum Gasteiger partial charge on any atom is -0.351 e. The summed E-state index contributed by atoms with van der Waals surface area (Å²) in [5.41, 5.74) is 0.638. The molecule has 1 aromatic rings. The minimum atomic E-state index is -0.476. The fraction of sp³-hybridized carbons (Fsp3) is 0.533. The van der Waals surface area contributed by atoms with Crippen LogP contribution >= 0.6 is 11.6 Å². The Labute approximate surface area is 129 Å². The normalized spacial score (nSPS) is 11.2. The van der Waals surface area contributed by atoms with Crippen molar-refractivity contribution in [2.75, 3.05) is 12.4 Å². The van der Waals surface area contributed by atoms with Gasteiger partial charge < -0.3 is 5.32 Å². The van der Waals surface area contributed by atoms with E-state index < -0.39 is 4.92 Å². The maximum absolute atomic E-state index is 12.2. The third kappa shape index (κ3) is 5.01. The third-order valence-electron chi connectivity index (χ3n) is 3.46. The van der Waals surface area contributed by atoms with E-state index in [0.29, 0.717) is 23.6 Å². The molecule has 0 radical (unpaired) electrons. The van der Waals surface area contributed by atoms with Gasteiger partial charge in [0.2, 0.25) is 0 Å². The molecule has 1 rings (SSSR count). The second kappa shape index (κ2) is 7.41. The van der Waals surface area contributed by atoms with E-state index in [1.54, 1.807) is 13.0 Å². The number of carbonyl (C=O) groups is 1. The van der Waals surface area contributed by atoms with Gasteiger partial charge in [0.25, 0.3) is 11.6 Å². The number of rotatable bonds is 7. The molecule has 0 saturated heterocycles. The molecule has 0 atom stereocenters. The number of carbonyl (C=O) groups excluding carboxylic acids is 1. The molecule has 0 unspecified atom stereocenters. The van der Waals surface area contributed by atoms with Crippen molar-refractivity contribution in [1.29, 1.82) is 0 Å². The van der Waals surface area contributed by atoms with E-state index in [1.807, 2.05) is 0 Å². The molecule has 0 aliphatic heterocycles. The molecular formula is C15H21ClN2O3. The highest BCUT2D eigenvalue weighted by Gasteiger charge is 2.21. The van der Waals surface area contributed by atoms with Crippen molar-refractivity contribution in [3.63, 3.8) is 0 Å². The van der Waals surface area contributed by atoms with Gasteiger partial charge in [-0.25, -0.2) is 0 Å². The lowest BCUT2D eigenvalue weighted by molar-refractivity contribution is -0.385. The maximum atomic E-state index is 12.2. The van der Waals surface area contributed by atoms with Gasteiger partial charge in [-0.05, 0) is 31.2 Å². The zero-order chi connectivity index (χ0) is 16.0. The molecule has 0 spiro atoms. The van der Waals surface area contributed by atoms with Crippen LogP contribution in [0.25, 0.3) is 0 Å². The summed E-state index contributed by atoms with van der Waals surface area (Å²) in [5, 5.41) is 13.7. The van der Waals surface area contributed by atoms with Crippen LogP contribution in [-0.2, 0) is 0 Å².